The first-order valence-corrected chi connectivity index (χ1v) is 7.82. The van der Waals surface area contributed by atoms with Crippen molar-refractivity contribution in [2.45, 2.75) is 18.5 Å². The van der Waals surface area contributed by atoms with Crippen LogP contribution in [-0.4, -0.2) is 19.1 Å². The molecule has 25 heavy (non-hydrogen) atoms. The van der Waals surface area contributed by atoms with Gasteiger partial charge >= 0.3 is 6.18 Å². The summed E-state index contributed by atoms with van der Waals surface area (Å²) in [6.07, 6.45) is -4.22. The molecule has 1 amide bonds. The summed E-state index contributed by atoms with van der Waals surface area (Å²) in [5, 5.41) is 2.79. The number of amides is 1. The highest BCUT2D eigenvalue weighted by molar-refractivity contribution is 5.96. The lowest BCUT2D eigenvalue weighted by molar-refractivity contribution is -0.137. The van der Waals surface area contributed by atoms with Crippen LogP contribution in [-0.2, 0) is 11.0 Å². The molecule has 0 spiro atoms. The number of alkyl halides is 3. The van der Waals surface area contributed by atoms with Crippen molar-refractivity contribution in [2.24, 2.45) is 0 Å². The van der Waals surface area contributed by atoms with Crippen molar-refractivity contribution in [1.82, 2.24) is 0 Å². The number of carbonyl (C=O) groups excluding carboxylic acids is 1. The molecule has 7 heteroatoms. The number of fused-ring (bicyclic) bond motifs is 2. The van der Waals surface area contributed by atoms with Crippen LogP contribution in [0.1, 0.15) is 29.0 Å². The lowest BCUT2D eigenvalue weighted by Crippen LogP contribution is -2.24. The third-order valence-corrected chi connectivity index (χ3v) is 4.39. The largest absolute Gasteiger partial charge is 0.486 e. The van der Waals surface area contributed by atoms with Crippen molar-refractivity contribution in [1.29, 1.82) is 0 Å². The van der Waals surface area contributed by atoms with Crippen LogP contribution >= 0.6 is 0 Å². The molecule has 2 heterocycles. The average Bonchev–Trinajstić information content (AvgIpc) is 2.59. The fourth-order valence-electron chi connectivity index (χ4n) is 3.20. The molecule has 2 aromatic carbocycles. The lowest BCUT2D eigenvalue weighted by atomic mass is 9.84. The van der Waals surface area contributed by atoms with Crippen molar-refractivity contribution < 1.29 is 27.4 Å². The number of carbonyl (C=O) groups is 1. The standard InChI is InChI=1S/C18H14F3NO3/c19-18(20,21)11-3-1-10(2-4-11)12-8-17(23)22-14-9-16-15(7-13(12)14)24-5-6-25-16/h1-4,7,9,12H,5-6,8H2,(H,22,23)/t12-/m1/s1. The highest BCUT2D eigenvalue weighted by Crippen LogP contribution is 2.44. The number of anilines is 1. The van der Waals surface area contributed by atoms with E-state index in [1.54, 1.807) is 12.1 Å². The van der Waals surface area contributed by atoms with Crippen molar-refractivity contribution in [3.05, 3.63) is 53.1 Å². The van der Waals surface area contributed by atoms with E-state index in [0.29, 0.717) is 36.0 Å². The number of halogens is 3. The topological polar surface area (TPSA) is 47.6 Å². The normalized spacial score (nSPS) is 19.2. The second-order valence-corrected chi connectivity index (χ2v) is 6.01. The summed E-state index contributed by atoms with van der Waals surface area (Å²) in [6, 6.07) is 8.43. The third-order valence-electron chi connectivity index (χ3n) is 4.39. The van der Waals surface area contributed by atoms with Gasteiger partial charge in [0.1, 0.15) is 13.2 Å². The molecule has 0 unspecified atom stereocenters. The molecule has 0 aliphatic carbocycles. The van der Waals surface area contributed by atoms with Crippen LogP contribution < -0.4 is 14.8 Å². The maximum absolute atomic E-state index is 12.8. The molecular formula is C18H14F3NO3. The molecule has 2 aromatic rings. The molecule has 0 radical (unpaired) electrons. The number of hydrogen-bond acceptors (Lipinski definition) is 3. The van der Waals surface area contributed by atoms with Gasteiger partial charge in [-0.15, -0.1) is 0 Å². The Morgan fingerprint density at radius 1 is 1.00 bits per heavy atom. The Kier molecular flexibility index (Phi) is 3.59. The van der Waals surface area contributed by atoms with Crippen LogP contribution in [0.3, 0.4) is 0 Å². The second-order valence-electron chi connectivity index (χ2n) is 6.01. The predicted octanol–water partition coefficient (Wildman–Crippen LogP) is 3.95. The van der Waals surface area contributed by atoms with E-state index in [1.807, 2.05) is 0 Å². The molecule has 0 saturated heterocycles. The Labute approximate surface area is 141 Å². The van der Waals surface area contributed by atoms with Crippen molar-refractivity contribution in [2.75, 3.05) is 18.5 Å². The number of ether oxygens (including phenoxy) is 2. The van der Waals surface area contributed by atoms with Crippen molar-refractivity contribution >= 4 is 11.6 Å². The van der Waals surface area contributed by atoms with Crippen LogP contribution in [0.4, 0.5) is 18.9 Å². The molecule has 0 aromatic heterocycles. The summed E-state index contributed by atoms with van der Waals surface area (Å²) < 4.78 is 49.4. The minimum absolute atomic E-state index is 0.165. The van der Waals surface area contributed by atoms with Crippen LogP contribution in [0.15, 0.2) is 36.4 Å². The van der Waals surface area contributed by atoms with Crippen molar-refractivity contribution in [3.8, 4) is 11.5 Å². The molecule has 1 atom stereocenters. The monoisotopic (exact) mass is 349 g/mol. The Balaban J connectivity index is 1.75. The molecule has 130 valence electrons. The first-order chi connectivity index (χ1) is 11.9. The molecule has 0 fully saturated rings. The summed E-state index contributed by atoms with van der Waals surface area (Å²) in [6.45, 7) is 0.866. The van der Waals surface area contributed by atoms with Crippen LogP contribution in [0, 0.1) is 0 Å². The van der Waals surface area contributed by atoms with Gasteiger partial charge < -0.3 is 14.8 Å². The minimum atomic E-state index is -4.38. The zero-order chi connectivity index (χ0) is 17.6. The van der Waals surface area contributed by atoms with Gasteiger partial charge in [0, 0.05) is 24.1 Å². The van der Waals surface area contributed by atoms with E-state index in [4.69, 9.17) is 9.47 Å². The van der Waals surface area contributed by atoms with E-state index in [-0.39, 0.29) is 18.2 Å². The van der Waals surface area contributed by atoms with Gasteiger partial charge in [-0.05, 0) is 29.3 Å². The summed E-state index contributed by atoms with van der Waals surface area (Å²) in [7, 11) is 0. The molecular weight excluding hydrogens is 335 g/mol. The van der Waals surface area contributed by atoms with Gasteiger partial charge in [0.25, 0.3) is 0 Å². The Morgan fingerprint density at radius 3 is 2.28 bits per heavy atom. The highest BCUT2D eigenvalue weighted by atomic mass is 19.4. The summed E-state index contributed by atoms with van der Waals surface area (Å²) in [4.78, 5) is 12.0. The fourth-order valence-corrected chi connectivity index (χ4v) is 3.20. The van der Waals surface area contributed by atoms with E-state index < -0.39 is 11.7 Å². The van der Waals surface area contributed by atoms with Gasteiger partial charge in [-0.3, -0.25) is 4.79 Å². The lowest BCUT2D eigenvalue weighted by Gasteiger charge is -2.29. The first kappa shape index (κ1) is 15.8. The number of benzene rings is 2. The molecule has 0 bridgehead atoms. The molecule has 2 aliphatic heterocycles. The zero-order valence-corrected chi connectivity index (χ0v) is 13.0. The smallest absolute Gasteiger partial charge is 0.416 e. The maximum atomic E-state index is 12.8. The van der Waals surface area contributed by atoms with Crippen LogP contribution in [0.2, 0.25) is 0 Å². The third kappa shape index (κ3) is 2.90. The quantitative estimate of drug-likeness (QED) is 0.848. The molecule has 2 aliphatic rings. The number of hydrogen-bond donors (Lipinski definition) is 1. The van der Waals surface area contributed by atoms with Gasteiger partial charge in [-0.1, -0.05) is 12.1 Å². The minimum Gasteiger partial charge on any atom is -0.486 e. The number of rotatable bonds is 1. The predicted molar refractivity (Wildman–Crippen MR) is 84.0 cm³/mol. The summed E-state index contributed by atoms with van der Waals surface area (Å²) in [5.74, 6) is 0.618. The second kappa shape index (κ2) is 5.68. The fraction of sp³-hybridized carbons (Fsp3) is 0.278. The Hall–Kier alpha value is -2.70. The Morgan fingerprint density at radius 2 is 1.64 bits per heavy atom. The summed E-state index contributed by atoms with van der Waals surface area (Å²) in [5.41, 5.74) is 1.36. The van der Waals surface area contributed by atoms with Gasteiger partial charge in [-0.25, -0.2) is 0 Å². The average molecular weight is 349 g/mol. The van der Waals surface area contributed by atoms with Crippen molar-refractivity contribution in [3.63, 3.8) is 0 Å². The van der Waals surface area contributed by atoms with E-state index >= 15 is 0 Å². The van der Waals surface area contributed by atoms with E-state index in [1.165, 1.54) is 12.1 Å². The Bertz CT molecular complexity index is 831. The maximum Gasteiger partial charge on any atom is 0.416 e. The van der Waals surface area contributed by atoms with Gasteiger partial charge in [0.15, 0.2) is 11.5 Å². The van der Waals surface area contributed by atoms with Crippen LogP contribution in [0.5, 0.6) is 11.5 Å². The SMILES string of the molecule is O=C1C[C@H](c2ccc(C(F)(F)F)cc2)c2cc3c(cc2N1)OCCO3. The molecule has 4 nitrogen and oxygen atoms in total. The summed E-state index contributed by atoms with van der Waals surface area (Å²) >= 11 is 0. The molecule has 0 saturated carbocycles. The van der Waals surface area contributed by atoms with Gasteiger partial charge in [0.2, 0.25) is 5.91 Å². The van der Waals surface area contributed by atoms with E-state index in [9.17, 15) is 18.0 Å². The molecule has 4 rings (SSSR count). The first-order valence-electron chi connectivity index (χ1n) is 7.82. The number of nitrogens with one attached hydrogen (secondary N) is 1. The van der Waals surface area contributed by atoms with E-state index in [2.05, 4.69) is 5.32 Å². The van der Waals surface area contributed by atoms with E-state index in [0.717, 1.165) is 17.7 Å². The van der Waals surface area contributed by atoms with Crippen LogP contribution in [0.25, 0.3) is 0 Å². The zero-order valence-electron chi connectivity index (χ0n) is 13.0. The molecule has 1 N–H and O–H groups in total. The van der Waals surface area contributed by atoms with Gasteiger partial charge in [0.05, 0.1) is 5.56 Å². The highest BCUT2D eigenvalue weighted by Gasteiger charge is 2.32. The van der Waals surface area contributed by atoms with Gasteiger partial charge in [-0.2, -0.15) is 13.2 Å².